The van der Waals surface area contributed by atoms with Gasteiger partial charge in [0.1, 0.15) is 0 Å². The highest BCUT2D eigenvalue weighted by molar-refractivity contribution is 6.31. The van der Waals surface area contributed by atoms with Crippen LogP contribution in [0.1, 0.15) is 11.4 Å². The minimum absolute atomic E-state index is 0.0223. The van der Waals surface area contributed by atoms with E-state index < -0.39 is 0 Å². The lowest BCUT2D eigenvalue weighted by Crippen LogP contribution is -2.38. The highest BCUT2D eigenvalue weighted by atomic mass is 35.5. The van der Waals surface area contributed by atoms with Crippen molar-refractivity contribution in [3.05, 3.63) is 40.7 Å². The Kier molecular flexibility index (Phi) is 4.24. The number of nitrogens with one attached hydrogen (secondary N) is 1. The maximum Gasteiger partial charge on any atom is 0.176 e. The third-order valence-electron chi connectivity index (χ3n) is 2.64. The Bertz CT molecular complexity index is 512. The van der Waals surface area contributed by atoms with Crippen molar-refractivity contribution in [3.8, 4) is 0 Å². The average molecular weight is 267 g/mol. The van der Waals surface area contributed by atoms with E-state index >= 15 is 0 Å². The molecule has 0 saturated heterocycles. The number of hydrogen-bond donors (Lipinski definition) is 2. The van der Waals surface area contributed by atoms with Crippen LogP contribution < -0.4 is 11.3 Å². The molecule has 0 spiro atoms. The van der Waals surface area contributed by atoms with Gasteiger partial charge in [-0.1, -0.05) is 29.8 Å². The first kappa shape index (κ1) is 12.9. The number of aryl methyl sites for hydroxylation is 1. The van der Waals surface area contributed by atoms with E-state index in [4.69, 9.17) is 17.4 Å². The molecule has 0 radical (unpaired) electrons. The zero-order chi connectivity index (χ0) is 13.0. The summed E-state index contributed by atoms with van der Waals surface area (Å²) in [6.07, 6.45) is 1.32. The maximum absolute atomic E-state index is 6.12. The highest BCUT2D eigenvalue weighted by Gasteiger charge is 2.13. The van der Waals surface area contributed by atoms with Gasteiger partial charge in [0, 0.05) is 17.5 Å². The van der Waals surface area contributed by atoms with Crippen molar-refractivity contribution in [1.29, 1.82) is 0 Å². The molecule has 0 aliphatic rings. The summed E-state index contributed by atoms with van der Waals surface area (Å²) in [6, 6.07) is 7.73. The molecule has 1 unspecified atom stereocenters. The van der Waals surface area contributed by atoms with Crippen molar-refractivity contribution in [2.75, 3.05) is 0 Å². The van der Waals surface area contributed by atoms with Gasteiger partial charge in [-0.25, -0.2) is 0 Å². The monoisotopic (exact) mass is 266 g/mol. The molecule has 2 aromatic rings. The van der Waals surface area contributed by atoms with Crippen LogP contribution in [0.3, 0.4) is 0 Å². The van der Waals surface area contributed by atoms with Crippen molar-refractivity contribution in [2.45, 2.75) is 18.9 Å². The summed E-state index contributed by atoms with van der Waals surface area (Å²) < 4.78 is 0. The molecule has 0 saturated carbocycles. The lowest BCUT2D eigenvalue weighted by molar-refractivity contribution is 0.510. The topological polar surface area (TPSA) is 81.7 Å². The number of nitrogens with zero attached hydrogens (tertiary/aromatic N) is 4. The lowest BCUT2D eigenvalue weighted by atomic mass is 10.0. The van der Waals surface area contributed by atoms with Crippen LogP contribution >= 0.6 is 11.6 Å². The maximum atomic E-state index is 6.12. The summed E-state index contributed by atoms with van der Waals surface area (Å²) in [7, 11) is 1.73. The zero-order valence-corrected chi connectivity index (χ0v) is 10.8. The van der Waals surface area contributed by atoms with Gasteiger partial charge in [-0.05, 0) is 23.3 Å². The normalized spacial score (nSPS) is 12.6. The molecule has 18 heavy (non-hydrogen) atoms. The van der Waals surface area contributed by atoms with E-state index in [9.17, 15) is 0 Å². The van der Waals surface area contributed by atoms with Gasteiger partial charge in [0.05, 0.1) is 7.05 Å². The van der Waals surface area contributed by atoms with Gasteiger partial charge < -0.3 is 0 Å². The SMILES string of the molecule is Cn1nnc(CC(Cc2ccccc2Cl)NN)n1. The fourth-order valence-corrected chi connectivity index (χ4v) is 1.96. The number of halogens is 1. The summed E-state index contributed by atoms with van der Waals surface area (Å²) in [6.45, 7) is 0. The molecule has 1 heterocycles. The first-order valence-corrected chi connectivity index (χ1v) is 5.99. The van der Waals surface area contributed by atoms with Gasteiger partial charge in [0.25, 0.3) is 0 Å². The fourth-order valence-electron chi connectivity index (χ4n) is 1.74. The molecule has 96 valence electrons. The Labute approximate surface area is 110 Å². The van der Waals surface area contributed by atoms with Crippen LogP contribution in [0.15, 0.2) is 24.3 Å². The van der Waals surface area contributed by atoms with Crippen LogP contribution in [-0.2, 0) is 19.9 Å². The van der Waals surface area contributed by atoms with Gasteiger partial charge >= 0.3 is 0 Å². The summed E-state index contributed by atoms with van der Waals surface area (Å²) in [5.41, 5.74) is 3.81. The second-order valence-electron chi connectivity index (χ2n) is 4.06. The summed E-state index contributed by atoms with van der Waals surface area (Å²) >= 11 is 6.12. The molecule has 6 nitrogen and oxygen atoms in total. The minimum atomic E-state index is 0.0223. The number of nitrogens with two attached hydrogens (primary N) is 1. The average Bonchev–Trinajstić information content (AvgIpc) is 2.76. The lowest BCUT2D eigenvalue weighted by Gasteiger charge is -2.14. The molecule has 1 atom stereocenters. The predicted molar refractivity (Wildman–Crippen MR) is 68.8 cm³/mol. The minimum Gasteiger partial charge on any atom is -0.271 e. The highest BCUT2D eigenvalue weighted by Crippen LogP contribution is 2.17. The number of tetrazole rings is 1. The summed E-state index contributed by atoms with van der Waals surface area (Å²) in [5.74, 6) is 6.21. The molecule has 0 amide bonds. The Balaban J connectivity index is 2.04. The summed E-state index contributed by atoms with van der Waals surface area (Å²) in [4.78, 5) is 1.43. The molecule has 0 aliphatic carbocycles. The summed E-state index contributed by atoms with van der Waals surface area (Å²) in [5, 5.41) is 12.6. The van der Waals surface area contributed by atoms with Crippen LogP contribution in [0.4, 0.5) is 0 Å². The largest absolute Gasteiger partial charge is 0.271 e. The zero-order valence-electron chi connectivity index (χ0n) is 10.0. The predicted octanol–water partition coefficient (Wildman–Crippen LogP) is 0.481. The Morgan fingerprint density at radius 2 is 2.17 bits per heavy atom. The molecule has 3 N–H and O–H groups in total. The molecule has 1 aromatic heterocycles. The first-order valence-electron chi connectivity index (χ1n) is 5.61. The van der Waals surface area contributed by atoms with Crippen LogP contribution in [0, 0.1) is 0 Å². The quantitative estimate of drug-likeness (QED) is 0.608. The van der Waals surface area contributed by atoms with Gasteiger partial charge in [-0.15, -0.1) is 10.2 Å². The van der Waals surface area contributed by atoms with E-state index in [2.05, 4.69) is 20.8 Å². The van der Waals surface area contributed by atoms with Gasteiger partial charge in [-0.2, -0.15) is 4.80 Å². The van der Waals surface area contributed by atoms with E-state index in [0.717, 1.165) is 10.6 Å². The van der Waals surface area contributed by atoms with Crippen molar-refractivity contribution < 1.29 is 0 Å². The van der Waals surface area contributed by atoms with E-state index in [1.165, 1.54) is 4.80 Å². The van der Waals surface area contributed by atoms with Crippen molar-refractivity contribution in [2.24, 2.45) is 12.9 Å². The van der Waals surface area contributed by atoms with Crippen molar-refractivity contribution in [1.82, 2.24) is 25.6 Å². The molecular weight excluding hydrogens is 252 g/mol. The van der Waals surface area contributed by atoms with Crippen LogP contribution in [-0.4, -0.2) is 26.2 Å². The van der Waals surface area contributed by atoms with Gasteiger partial charge in [0.15, 0.2) is 5.82 Å². The second kappa shape index (κ2) is 5.90. The van der Waals surface area contributed by atoms with E-state index in [-0.39, 0.29) is 6.04 Å². The molecule has 1 aromatic carbocycles. The molecule has 0 aliphatic heterocycles. The number of benzene rings is 1. The smallest absolute Gasteiger partial charge is 0.176 e. The Hall–Kier alpha value is -1.50. The number of rotatable bonds is 5. The molecule has 7 heteroatoms. The van der Waals surface area contributed by atoms with Gasteiger partial charge in [-0.3, -0.25) is 11.3 Å². The molecule has 2 rings (SSSR count). The van der Waals surface area contributed by atoms with Crippen molar-refractivity contribution in [3.63, 3.8) is 0 Å². The van der Waals surface area contributed by atoms with E-state index in [0.29, 0.717) is 18.7 Å². The number of hydrazine groups is 1. The first-order chi connectivity index (χ1) is 8.69. The van der Waals surface area contributed by atoms with Crippen LogP contribution in [0.25, 0.3) is 0 Å². The third kappa shape index (κ3) is 3.25. The van der Waals surface area contributed by atoms with Gasteiger partial charge in [0.2, 0.25) is 0 Å². The molecule has 0 fully saturated rings. The Morgan fingerprint density at radius 3 is 2.78 bits per heavy atom. The number of hydrogen-bond acceptors (Lipinski definition) is 5. The molecule has 0 bridgehead atoms. The molecular formula is C11H15ClN6. The van der Waals surface area contributed by atoms with E-state index in [1.54, 1.807) is 7.05 Å². The number of aromatic nitrogens is 4. The van der Waals surface area contributed by atoms with Crippen LogP contribution in [0.5, 0.6) is 0 Å². The van der Waals surface area contributed by atoms with E-state index in [1.807, 2.05) is 24.3 Å². The standard InChI is InChI=1S/C11H15ClN6/c1-18-16-11(15-17-18)7-9(14-13)6-8-4-2-3-5-10(8)12/h2-5,9,14H,6-7,13H2,1H3. The van der Waals surface area contributed by atoms with Crippen LogP contribution in [0.2, 0.25) is 5.02 Å². The van der Waals surface area contributed by atoms with Crippen molar-refractivity contribution >= 4 is 11.6 Å². The second-order valence-corrected chi connectivity index (χ2v) is 4.47. The fraction of sp³-hybridized carbons (Fsp3) is 0.364. The third-order valence-corrected chi connectivity index (χ3v) is 3.01. The Morgan fingerprint density at radius 1 is 1.39 bits per heavy atom.